The van der Waals surface area contributed by atoms with Gasteiger partial charge < -0.3 is 15.1 Å². The number of H-pyrrole nitrogens is 1. The molecule has 1 aromatic carbocycles. The molecule has 0 saturated carbocycles. The summed E-state index contributed by atoms with van der Waals surface area (Å²) < 4.78 is 5.21. The number of aromatic amines is 1. The number of hydrogen-bond acceptors (Lipinski definition) is 3. The minimum atomic E-state index is 0. The van der Waals surface area contributed by atoms with Crippen LogP contribution < -0.4 is 5.73 Å². The Morgan fingerprint density at radius 1 is 1.30 bits per heavy atom. The first-order chi connectivity index (χ1) is 9.22. The van der Waals surface area contributed by atoms with Crippen molar-refractivity contribution in [1.29, 1.82) is 5.41 Å². The van der Waals surface area contributed by atoms with Crippen LogP contribution in [0.4, 0.5) is 0 Å². The maximum Gasteiger partial charge on any atom is 0.131 e. The molecule has 0 aliphatic carbocycles. The van der Waals surface area contributed by atoms with Gasteiger partial charge in [-0.1, -0.05) is 0 Å². The summed E-state index contributed by atoms with van der Waals surface area (Å²) in [6.45, 7) is 0. The summed E-state index contributed by atoms with van der Waals surface area (Å²) in [6, 6.07) is 9.14. The fourth-order valence-electron chi connectivity index (χ4n) is 1.82. The molecule has 3 aromatic rings. The van der Waals surface area contributed by atoms with Crippen molar-refractivity contribution in [3.05, 3.63) is 53.7 Å². The van der Waals surface area contributed by atoms with E-state index in [-0.39, 0.29) is 18.2 Å². The van der Waals surface area contributed by atoms with Gasteiger partial charge >= 0.3 is 0 Å². The van der Waals surface area contributed by atoms with Crippen LogP contribution in [0.5, 0.6) is 0 Å². The van der Waals surface area contributed by atoms with E-state index >= 15 is 0 Å². The first-order valence-electron chi connectivity index (χ1n) is 5.78. The second kappa shape index (κ2) is 5.63. The number of nitrogens with one attached hydrogen (secondary N) is 2. The monoisotopic (exact) mass is 288 g/mol. The summed E-state index contributed by atoms with van der Waals surface area (Å²) >= 11 is 0. The third-order valence-electron chi connectivity index (χ3n) is 2.76. The lowest BCUT2D eigenvalue weighted by molar-refractivity contribution is 0.557. The standard InChI is InChI=1S/C14H12N4O.ClH/c15-14(16)9-3-5-11-12(8-9)18-13(17-11)6-4-10-2-1-7-19-10;/h1-8H,(H3,15,16)(H,17,18);1H/b6-4+;. The zero-order valence-electron chi connectivity index (χ0n) is 10.5. The average Bonchev–Trinajstić information content (AvgIpc) is 3.04. The molecule has 0 unspecified atom stereocenters. The number of nitrogens with two attached hydrogens (primary N) is 1. The first kappa shape index (κ1) is 13.9. The number of imidazole rings is 1. The highest BCUT2D eigenvalue weighted by Gasteiger charge is 2.03. The van der Waals surface area contributed by atoms with Crippen molar-refractivity contribution in [3.8, 4) is 0 Å². The molecule has 0 bridgehead atoms. The van der Waals surface area contributed by atoms with Crippen LogP contribution >= 0.6 is 12.4 Å². The van der Waals surface area contributed by atoms with Gasteiger partial charge in [-0.3, -0.25) is 5.41 Å². The fourth-order valence-corrected chi connectivity index (χ4v) is 1.82. The minimum Gasteiger partial charge on any atom is -0.465 e. The van der Waals surface area contributed by atoms with Crippen molar-refractivity contribution in [2.24, 2.45) is 5.73 Å². The Bertz CT molecular complexity index is 759. The molecule has 0 radical (unpaired) electrons. The Balaban J connectivity index is 0.00000147. The lowest BCUT2D eigenvalue weighted by Gasteiger charge is -1.96. The number of nitrogens with zero attached hydrogens (tertiary/aromatic N) is 1. The summed E-state index contributed by atoms with van der Waals surface area (Å²) in [7, 11) is 0. The molecule has 4 N–H and O–H groups in total. The number of fused-ring (bicyclic) bond motifs is 1. The smallest absolute Gasteiger partial charge is 0.131 e. The molecule has 0 aliphatic rings. The number of halogens is 1. The SMILES string of the molecule is Cl.N=C(N)c1ccc2nc(/C=C/c3ccco3)[nH]c2c1. The van der Waals surface area contributed by atoms with E-state index in [0.717, 1.165) is 22.6 Å². The van der Waals surface area contributed by atoms with Gasteiger partial charge in [0.05, 0.1) is 17.3 Å². The summed E-state index contributed by atoms with van der Waals surface area (Å²) in [4.78, 5) is 7.58. The summed E-state index contributed by atoms with van der Waals surface area (Å²) in [6.07, 6.45) is 5.30. The number of rotatable bonds is 3. The van der Waals surface area contributed by atoms with E-state index < -0.39 is 0 Å². The summed E-state index contributed by atoms with van der Waals surface area (Å²) in [5.74, 6) is 1.54. The van der Waals surface area contributed by atoms with Crippen LogP contribution in [0.25, 0.3) is 23.2 Å². The van der Waals surface area contributed by atoms with Crippen molar-refractivity contribution in [2.75, 3.05) is 0 Å². The van der Waals surface area contributed by atoms with E-state index in [1.165, 1.54) is 0 Å². The first-order valence-corrected chi connectivity index (χ1v) is 5.78. The van der Waals surface area contributed by atoms with Gasteiger partial charge in [0.2, 0.25) is 0 Å². The van der Waals surface area contributed by atoms with Crippen molar-refractivity contribution in [1.82, 2.24) is 9.97 Å². The molecule has 2 heterocycles. The van der Waals surface area contributed by atoms with Crippen LogP contribution in [-0.4, -0.2) is 15.8 Å². The van der Waals surface area contributed by atoms with Gasteiger partial charge in [0.1, 0.15) is 17.4 Å². The van der Waals surface area contributed by atoms with E-state index in [1.807, 2.05) is 36.4 Å². The highest BCUT2D eigenvalue weighted by Crippen LogP contribution is 2.15. The lowest BCUT2D eigenvalue weighted by Crippen LogP contribution is -2.10. The van der Waals surface area contributed by atoms with Gasteiger partial charge in [-0.15, -0.1) is 12.4 Å². The van der Waals surface area contributed by atoms with E-state index in [1.54, 1.807) is 12.3 Å². The average molecular weight is 289 g/mol. The molecule has 2 aromatic heterocycles. The Morgan fingerprint density at radius 2 is 2.15 bits per heavy atom. The third kappa shape index (κ3) is 2.73. The van der Waals surface area contributed by atoms with Crippen LogP contribution in [-0.2, 0) is 0 Å². The zero-order valence-corrected chi connectivity index (χ0v) is 11.3. The Hall–Kier alpha value is -2.53. The molecule has 0 aliphatic heterocycles. The molecule has 3 rings (SSSR count). The van der Waals surface area contributed by atoms with Crippen molar-refractivity contribution in [2.45, 2.75) is 0 Å². The highest BCUT2D eigenvalue weighted by molar-refractivity contribution is 5.98. The van der Waals surface area contributed by atoms with Gasteiger partial charge in [0, 0.05) is 5.56 Å². The second-order valence-electron chi connectivity index (χ2n) is 4.12. The van der Waals surface area contributed by atoms with E-state index in [9.17, 15) is 0 Å². The Kier molecular flexibility index (Phi) is 3.91. The van der Waals surface area contributed by atoms with Crippen molar-refractivity contribution >= 4 is 41.4 Å². The molecular weight excluding hydrogens is 276 g/mol. The normalized spacial score (nSPS) is 10.8. The zero-order chi connectivity index (χ0) is 13.2. The maximum absolute atomic E-state index is 7.41. The van der Waals surface area contributed by atoms with Gasteiger partial charge in [-0.25, -0.2) is 4.98 Å². The Labute approximate surface area is 121 Å². The number of amidine groups is 1. The molecule has 0 fully saturated rings. The molecule has 0 amide bonds. The van der Waals surface area contributed by atoms with Gasteiger partial charge in [-0.05, 0) is 42.5 Å². The largest absolute Gasteiger partial charge is 0.465 e. The van der Waals surface area contributed by atoms with Crippen molar-refractivity contribution < 1.29 is 4.42 Å². The van der Waals surface area contributed by atoms with Gasteiger partial charge in [0.15, 0.2) is 0 Å². The van der Waals surface area contributed by atoms with Crippen LogP contribution in [0.2, 0.25) is 0 Å². The number of benzene rings is 1. The third-order valence-corrected chi connectivity index (χ3v) is 2.76. The summed E-state index contributed by atoms with van der Waals surface area (Å²) in [5, 5.41) is 7.41. The van der Waals surface area contributed by atoms with E-state index in [0.29, 0.717) is 5.56 Å². The van der Waals surface area contributed by atoms with Crippen LogP contribution in [0, 0.1) is 5.41 Å². The molecular formula is C14H13ClN4O. The van der Waals surface area contributed by atoms with Crippen LogP contribution in [0.1, 0.15) is 17.1 Å². The molecule has 6 heteroatoms. The number of furan rings is 1. The van der Waals surface area contributed by atoms with Gasteiger partial charge in [0.25, 0.3) is 0 Å². The predicted molar refractivity (Wildman–Crippen MR) is 82.0 cm³/mol. The van der Waals surface area contributed by atoms with Crippen molar-refractivity contribution in [3.63, 3.8) is 0 Å². The molecule has 102 valence electrons. The fraction of sp³-hybridized carbons (Fsp3) is 0. The number of aromatic nitrogens is 2. The minimum absolute atomic E-state index is 0. The predicted octanol–water partition coefficient (Wildman–Crippen LogP) is 3.03. The van der Waals surface area contributed by atoms with E-state index in [4.69, 9.17) is 15.6 Å². The van der Waals surface area contributed by atoms with Crippen LogP contribution in [0.3, 0.4) is 0 Å². The molecule has 20 heavy (non-hydrogen) atoms. The molecule has 0 spiro atoms. The molecule has 0 atom stereocenters. The molecule has 0 saturated heterocycles. The second-order valence-corrected chi connectivity index (χ2v) is 4.12. The van der Waals surface area contributed by atoms with E-state index in [2.05, 4.69) is 9.97 Å². The number of hydrogen-bond donors (Lipinski definition) is 3. The van der Waals surface area contributed by atoms with Gasteiger partial charge in [-0.2, -0.15) is 0 Å². The Morgan fingerprint density at radius 3 is 2.85 bits per heavy atom. The molecule has 5 nitrogen and oxygen atoms in total. The lowest BCUT2D eigenvalue weighted by atomic mass is 10.2. The topological polar surface area (TPSA) is 91.7 Å². The maximum atomic E-state index is 7.41. The van der Waals surface area contributed by atoms with Crippen LogP contribution in [0.15, 0.2) is 41.0 Å². The highest BCUT2D eigenvalue weighted by atomic mass is 35.5. The number of nitrogen functional groups attached to an aromatic ring is 1. The quantitative estimate of drug-likeness (QED) is 0.511. The summed E-state index contributed by atoms with van der Waals surface area (Å²) in [5.41, 5.74) is 7.83.